The van der Waals surface area contributed by atoms with Crippen LogP contribution in [0, 0.1) is 10.1 Å². The Kier molecular flexibility index (Phi) is 3.55. The molecule has 0 unspecified atom stereocenters. The molecule has 108 valence electrons. The number of para-hydroxylation sites is 2. The van der Waals surface area contributed by atoms with Gasteiger partial charge in [0.05, 0.1) is 11.5 Å². The fraction of sp³-hybridized carbons (Fsp3) is 0.214. The highest BCUT2D eigenvalue weighted by atomic mass is 16.6. The van der Waals surface area contributed by atoms with E-state index in [1.54, 1.807) is 0 Å². The van der Waals surface area contributed by atoms with Gasteiger partial charge >= 0.3 is 5.69 Å². The van der Waals surface area contributed by atoms with Crippen molar-refractivity contribution in [2.45, 2.75) is 6.10 Å². The number of anilines is 1. The first-order chi connectivity index (χ1) is 10.2. The highest BCUT2D eigenvalue weighted by molar-refractivity contribution is 5.55. The van der Waals surface area contributed by atoms with E-state index in [1.165, 1.54) is 18.3 Å². The lowest BCUT2D eigenvalue weighted by Gasteiger charge is -2.26. The molecule has 1 aliphatic heterocycles. The van der Waals surface area contributed by atoms with Crippen molar-refractivity contribution in [3.8, 4) is 11.5 Å². The topological polar surface area (TPSA) is 86.5 Å². The third-order valence-electron chi connectivity index (χ3n) is 3.05. The minimum atomic E-state index is -0.469. The molecule has 0 saturated heterocycles. The molecule has 1 aromatic carbocycles. The van der Waals surface area contributed by atoms with E-state index in [0.717, 1.165) is 0 Å². The first-order valence-corrected chi connectivity index (χ1v) is 6.46. The molecule has 1 aromatic heterocycles. The maximum atomic E-state index is 10.9. The van der Waals surface area contributed by atoms with Crippen LogP contribution in [0.4, 0.5) is 11.5 Å². The van der Waals surface area contributed by atoms with Crippen LogP contribution in [-0.2, 0) is 0 Å². The van der Waals surface area contributed by atoms with Crippen LogP contribution in [0.2, 0.25) is 0 Å². The average Bonchev–Trinajstić information content (AvgIpc) is 2.53. The molecule has 0 fully saturated rings. The van der Waals surface area contributed by atoms with E-state index in [-0.39, 0.29) is 17.6 Å². The molecular formula is C14H13N3O4. The second-order valence-corrected chi connectivity index (χ2v) is 4.51. The molecule has 0 bridgehead atoms. The normalized spacial score (nSPS) is 16.3. The van der Waals surface area contributed by atoms with E-state index in [1.807, 2.05) is 24.3 Å². The van der Waals surface area contributed by atoms with Crippen molar-refractivity contribution in [3.63, 3.8) is 0 Å². The van der Waals surface area contributed by atoms with Gasteiger partial charge in [-0.25, -0.2) is 4.98 Å². The quantitative estimate of drug-likeness (QED) is 0.685. The summed E-state index contributed by atoms with van der Waals surface area (Å²) in [5, 5.41) is 13.8. The summed E-state index contributed by atoms with van der Waals surface area (Å²) < 4.78 is 11.4. The Bertz CT molecular complexity index is 662. The highest BCUT2D eigenvalue weighted by Gasteiger charge is 2.22. The second-order valence-electron chi connectivity index (χ2n) is 4.51. The number of fused-ring (bicyclic) bond motifs is 1. The maximum Gasteiger partial charge on any atom is 0.311 e. The molecule has 1 N–H and O–H groups in total. The second kappa shape index (κ2) is 5.66. The van der Waals surface area contributed by atoms with Crippen molar-refractivity contribution in [2.24, 2.45) is 0 Å². The van der Waals surface area contributed by atoms with Gasteiger partial charge < -0.3 is 14.8 Å². The lowest BCUT2D eigenvalue weighted by molar-refractivity contribution is -0.384. The van der Waals surface area contributed by atoms with Crippen LogP contribution < -0.4 is 14.8 Å². The van der Waals surface area contributed by atoms with E-state index < -0.39 is 4.92 Å². The smallest absolute Gasteiger partial charge is 0.311 e. The molecule has 3 rings (SSSR count). The molecule has 21 heavy (non-hydrogen) atoms. The molecule has 0 spiro atoms. The number of nitro groups is 1. The molecule has 1 atom stereocenters. The molecule has 0 amide bonds. The summed E-state index contributed by atoms with van der Waals surface area (Å²) in [5.41, 5.74) is -0.0605. The van der Waals surface area contributed by atoms with Crippen LogP contribution in [0.15, 0.2) is 42.6 Å². The van der Waals surface area contributed by atoms with Gasteiger partial charge in [0.15, 0.2) is 11.5 Å². The van der Waals surface area contributed by atoms with Gasteiger partial charge in [0.1, 0.15) is 12.7 Å². The van der Waals surface area contributed by atoms with Gasteiger partial charge in [-0.2, -0.15) is 0 Å². The van der Waals surface area contributed by atoms with E-state index in [0.29, 0.717) is 24.7 Å². The summed E-state index contributed by atoms with van der Waals surface area (Å²) >= 11 is 0. The molecule has 0 radical (unpaired) electrons. The van der Waals surface area contributed by atoms with Crippen LogP contribution in [0.5, 0.6) is 11.5 Å². The number of benzene rings is 1. The van der Waals surface area contributed by atoms with Crippen molar-refractivity contribution in [2.75, 3.05) is 18.5 Å². The van der Waals surface area contributed by atoms with Gasteiger partial charge in [0, 0.05) is 12.3 Å². The molecule has 7 nitrogen and oxygen atoms in total. The minimum Gasteiger partial charge on any atom is -0.486 e. The van der Waals surface area contributed by atoms with Crippen LogP contribution in [-0.4, -0.2) is 29.2 Å². The monoisotopic (exact) mass is 287 g/mol. The zero-order valence-electron chi connectivity index (χ0n) is 11.1. The number of rotatable bonds is 4. The summed E-state index contributed by atoms with van der Waals surface area (Å²) in [6, 6.07) is 10.3. The van der Waals surface area contributed by atoms with Crippen molar-refractivity contribution in [1.29, 1.82) is 0 Å². The summed E-state index contributed by atoms with van der Waals surface area (Å²) in [6.45, 7) is 0.747. The Morgan fingerprint density at radius 3 is 2.90 bits per heavy atom. The Labute approximate surface area is 120 Å². The predicted molar refractivity (Wildman–Crippen MR) is 75.7 cm³/mol. The van der Waals surface area contributed by atoms with Gasteiger partial charge in [-0.15, -0.1) is 0 Å². The number of aromatic nitrogens is 1. The molecule has 2 heterocycles. The first-order valence-electron chi connectivity index (χ1n) is 6.46. The standard InChI is InChI=1S/C14H13N3O4/c18-17(19)11-4-3-7-15-14(11)16-8-10-9-20-12-5-1-2-6-13(12)21-10/h1-7,10H,8-9H2,(H,15,16)/t10-/m0/s1. The van der Waals surface area contributed by atoms with Crippen LogP contribution in [0.25, 0.3) is 0 Å². The van der Waals surface area contributed by atoms with Gasteiger partial charge in [-0.1, -0.05) is 12.1 Å². The van der Waals surface area contributed by atoms with E-state index in [9.17, 15) is 10.1 Å². The number of hydrogen-bond donors (Lipinski definition) is 1. The fourth-order valence-corrected chi connectivity index (χ4v) is 2.05. The highest BCUT2D eigenvalue weighted by Crippen LogP contribution is 2.31. The number of hydrogen-bond acceptors (Lipinski definition) is 6. The largest absolute Gasteiger partial charge is 0.486 e. The fourth-order valence-electron chi connectivity index (χ4n) is 2.05. The maximum absolute atomic E-state index is 10.9. The molecule has 0 saturated carbocycles. The predicted octanol–water partition coefficient (Wildman–Crippen LogP) is 2.24. The zero-order valence-corrected chi connectivity index (χ0v) is 11.1. The molecular weight excluding hydrogens is 274 g/mol. The van der Waals surface area contributed by atoms with Gasteiger partial charge in [-0.05, 0) is 18.2 Å². The van der Waals surface area contributed by atoms with E-state index in [4.69, 9.17) is 9.47 Å². The van der Waals surface area contributed by atoms with Crippen molar-refractivity contribution < 1.29 is 14.4 Å². The van der Waals surface area contributed by atoms with Crippen LogP contribution in [0.3, 0.4) is 0 Å². The zero-order chi connectivity index (χ0) is 14.7. The van der Waals surface area contributed by atoms with Gasteiger partial charge in [-0.3, -0.25) is 10.1 Å². The van der Waals surface area contributed by atoms with Gasteiger partial charge in [0.25, 0.3) is 0 Å². The van der Waals surface area contributed by atoms with E-state index in [2.05, 4.69) is 10.3 Å². The number of pyridine rings is 1. The molecule has 2 aromatic rings. The average molecular weight is 287 g/mol. The number of ether oxygens (including phenoxy) is 2. The molecule has 1 aliphatic rings. The number of nitrogens with one attached hydrogen (secondary N) is 1. The van der Waals surface area contributed by atoms with Gasteiger partial charge in [0.2, 0.25) is 5.82 Å². The SMILES string of the molecule is O=[N+]([O-])c1cccnc1NC[C@H]1COc2ccccc2O1. The lowest BCUT2D eigenvalue weighted by atomic mass is 10.2. The lowest BCUT2D eigenvalue weighted by Crippen LogP contribution is -2.35. The van der Waals surface area contributed by atoms with Crippen molar-refractivity contribution >= 4 is 11.5 Å². The minimum absolute atomic E-state index is 0.0605. The van der Waals surface area contributed by atoms with Crippen LogP contribution >= 0.6 is 0 Å². The summed E-state index contributed by atoms with van der Waals surface area (Å²) in [5.74, 6) is 1.61. The summed E-state index contributed by atoms with van der Waals surface area (Å²) in [6.07, 6.45) is 1.27. The Morgan fingerprint density at radius 1 is 1.29 bits per heavy atom. The van der Waals surface area contributed by atoms with E-state index >= 15 is 0 Å². The van der Waals surface area contributed by atoms with Crippen molar-refractivity contribution in [3.05, 3.63) is 52.7 Å². The Balaban J connectivity index is 1.66. The molecule has 0 aliphatic carbocycles. The van der Waals surface area contributed by atoms with Crippen LogP contribution in [0.1, 0.15) is 0 Å². The third kappa shape index (κ3) is 2.86. The summed E-state index contributed by atoms with van der Waals surface area (Å²) in [4.78, 5) is 14.4. The molecule has 7 heteroatoms. The van der Waals surface area contributed by atoms with Crippen molar-refractivity contribution in [1.82, 2.24) is 4.98 Å². The number of nitrogens with zero attached hydrogens (tertiary/aromatic N) is 2. The first kappa shape index (κ1) is 13.2. The Hall–Kier alpha value is -2.83. The summed E-state index contributed by atoms with van der Waals surface area (Å²) in [7, 11) is 0. The third-order valence-corrected chi connectivity index (χ3v) is 3.05. The Morgan fingerprint density at radius 2 is 2.10 bits per heavy atom.